The van der Waals surface area contributed by atoms with Gasteiger partial charge in [-0.25, -0.2) is 0 Å². The van der Waals surface area contributed by atoms with Crippen LogP contribution in [0.25, 0.3) is 0 Å². The molecular formula is C5H3F6N3S. The van der Waals surface area contributed by atoms with Crippen molar-refractivity contribution in [3.63, 3.8) is 0 Å². The maximum atomic E-state index is 12.1. The van der Waals surface area contributed by atoms with Gasteiger partial charge in [0.1, 0.15) is 6.54 Å². The minimum atomic E-state index is -4.97. The molecule has 0 aliphatic carbocycles. The standard InChI is InChI=1S/C5H3F6N3S/c6-4(7,8)1-14-2(5(9,10)11)12-13-3(14)15/h1H2,(H,13,15). The van der Waals surface area contributed by atoms with Crippen LogP contribution in [0.2, 0.25) is 0 Å². The number of H-pyrrole nitrogens is 1. The fourth-order valence-corrected chi connectivity index (χ4v) is 1.06. The maximum Gasteiger partial charge on any atom is 0.451 e. The van der Waals surface area contributed by atoms with E-state index in [-0.39, 0.29) is 4.57 Å². The SMILES string of the molecule is FC(F)(F)Cn1c(C(F)(F)F)n[nH]c1=S. The van der Waals surface area contributed by atoms with Gasteiger partial charge in [0.05, 0.1) is 0 Å². The molecule has 1 aromatic heterocycles. The first-order valence-corrected chi connectivity index (χ1v) is 3.81. The van der Waals surface area contributed by atoms with Crippen LogP contribution < -0.4 is 0 Å². The van der Waals surface area contributed by atoms with Crippen LogP contribution in [0.4, 0.5) is 26.3 Å². The van der Waals surface area contributed by atoms with Crippen molar-refractivity contribution in [3.8, 4) is 0 Å². The van der Waals surface area contributed by atoms with E-state index in [2.05, 4.69) is 17.3 Å². The largest absolute Gasteiger partial charge is 0.451 e. The Morgan fingerprint density at radius 1 is 1.20 bits per heavy atom. The van der Waals surface area contributed by atoms with Crippen LogP contribution in [-0.4, -0.2) is 20.9 Å². The zero-order chi connectivity index (χ0) is 11.9. The molecule has 0 bridgehead atoms. The van der Waals surface area contributed by atoms with E-state index in [9.17, 15) is 26.3 Å². The predicted octanol–water partition coefficient (Wildman–Crippen LogP) is 2.52. The molecule has 1 heterocycles. The molecule has 3 nitrogen and oxygen atoms in total. The molecule has 0 amide bonds. The highest BCUT2D eigenvalue weighted by atomic mass is 32.1. The normalized spacial score (nSPS) is 13.2. The molecule has 0 saturated heterocycles. The number of hydrogen-bond donors (Lipinski definition) is 1. The van der Waals surface area contributed by atoms with Gasteiger partial charge in [0.25, 0.3) is 0 Å². The zero-order valence-corrected chi connectivity index (χ0v) is 7.59. The lowest BCUT2D eigenvalue weighted by molar-refractivity contribution is -0.161. The molecule has 1 N–H and O–H groups in total. The lowest BCUT2D eigenvalue weighted by Gasteiger charge is -2.11. The van der Waals surface area contributed by atoms with Crippen LogP contribution in [0.15, 0.2) is 0 Å². The van der Waals surface area contributed by atoms with Gasteiger partial charge >= 0.3 is 12.4 Å². The third-order valence-corrected chi connectivity index (χ3v) is 1.66. The summed E-state index contributed by atoms with van der Waals surface area (Å²) in [5, 5.41) is 4.35. The third-order valence-electron chi connectivity index (χ3n) is 1.35. The van der Waals surface area contributed by atoms with Crippen LogP contribution in [0.3, 0.4) is 0 Å². The second-order valence-corrected chi connectivity index (χ2v) is 2.94. The Balaban J connectivity index is 3.17. The highest BCUT2D eigenvalue weighted by Gasteiger charge is 2.40. The van der Waals surface area contributed by atoms with Gasteiger partial charge in [-0.3, -0.25) is 9.67 Å². The topological polar surface area (TPSA) is 33.6 Å². The minimum Gasteiger partial charge on any atom is -0.287 e. The molecule has 0 saturated carbocycles. The lowest BCUT2D eigenvalue weighted by atomic mass is 10.5. The van der Waals surface area contributed by atoms with Gasteiger partial charge in [-0.05, 0) is 12.2 Å². The summed E-state index contributed by atoms with van der Waals surface area (Å²) in [7, 11) is 0. The fraction of sp³-hybridized carbons (Fsp3) is 0.600. The van der Waals surface area contributed by atoms with Gasteiger partial charge in [-0.1, -0.05) is 0 Å². The molecule has 0 spiro atoms. The summed E-state index contributed by atoms with van der Waals surface area (Å²) < 4.78 is 71.2. The van der Waals surface area contributed by atoms with Crippen LogP contribution in [0, 0.1) is 4.77 Å². The van der Waals surface area contributed by atoms with Gasteiger partial charge in [-0.2, -0.15) is 26.3 Å². The molecule has 10 heteroatoms. The molecule has 0 aliphatic heterocycles. The number of hydrogen-bond acceptors (Lipinski definition) is 2. The zero-order valence-electron chi connectivity index (χ0n) is 6.78. The molecule has 15 heavy (non-hydrogen) atoms. The van der Waals surface area contributed by atoms with E-state index in [1.165, 1.54) is 0 Å². The van der Waals surface area contributed by atoms with Crippen molar-refractivity contribution in [3.05, 3.63) is 10.6 Å². The smallest absolute Gasteiger partial charge is 0.287 e. The molecule has 86 valence electrons. The molecule has 1 rings (SSSR count). The molecule has 0 aromatic carbocycles. The Bertz CT molecular complexity index is 398. The van der Waals surface area contributed by atoms with Crippen LogP contribution >= 0.6 is 12.2 Å². The Hall–Kier alpha value is -1.06. The fourth-order valence-electron chi connectivity index (χ4n) is 0.860. The van der Waals surface area contributed by atoms with Crippen molar-refractivity contribution in [2.24, 2.45) is 0 Å². The first-order valence-electron chi connectivity index (χ1n) is 3.40. The van der Waals surface area contributed by atoms with E-state index < -0.39 is 29.5 Å². The summed E-state index contributed by atoms with van der Waals surface area (Å²) in [6.07, 6.45) is -9.76. The molecule has 1 aromatic rings. The molecule has 0 unspecified atom stereocenters. The maximum absolute atomic E-state index is 12.1. The quantitative estimate of drug-likeness (QED) is 0.614. The van der Waals surface area contributed by atoms with Crippen molar-refractivity contribution in [1.82, 2.24) is 14.8 Å². The first-order chi connectivity index (χ1) is 6.61. The second kappa shape index (κ2) is 3.51. The summed E-state index contributed by atoms with van der Waals surface area (Å²) in [4.78, 5) is 0. The van der Waals surface area contributed by atoms with E-state index in [4.69, 9.17) is 0 Å². The van der Waals surface area contributed by atoms with E-state index in [1.807, 2.05) is 0 Å². The van der Waals surface area contributed by atoms with Crippen LogP contribution in [-0.2, 0) is 12.7 Å². The Morgan fingerprint density at radius 3 is 2.13 bits per heavy atom. The van der Waals surface area contributed by atoms with Gasteiger partial charge in [-0.15, -0.1) is 5.10 Å². The monoisotopic (exact) mass is 251 g/mol. The van der Waals surface area contributed by atoms with Gasteiger partial charge in [0.15, 0.2) is 4.77 Å². The first kappa shape index (κ1) is 12.0. The summed E-state index contributed by atoms with van der Waals surface area (Å²) in [5.41, 5.74) is 0. The van der Waals surface area contributed by atoms with E-state index in [0.717, 1.165) is 0 Å². The summed E-state index contributed by atoms with van der Waals surface area (Å²) in [6, 6.07) is 0. The average molecular weight is 251 g/mol. The number of halogens is 6. The van der Waals surface area contributed by atoms with Crippen molar-refractivity contribution >= 4 is 12.2 Å². The Morgan fingerprint density at radius 2 is 1.73 bits per heavy atom. The van der Waals surface area contributed by atoms with Gasteiger partial charge < -0.3 is 0 Å². The van der Waals surface area contributed by atoms with Crippen molar-refractivity contribution in [2.75, 3.05) is 0 Å². The summed E-state index contributed by atoms with van der Waals surface area (Å²) >= 11 is 4.25. The van der Waals surface area contributed by atoms with Crippen molar-refractivity contribution < 1.29 is 26.3 Å². The van der Waals surface area contributed by atoms with Gasteiger partial charge in [0.2, 0.25) is 5.82 Å². The summed E-state index contributed by atoms with van der Waals surface area (Å²) in [5.74, 6) is -1.69. The van der Waals surface area contributed by atoms with Crippen LogP contribution in [0.1, 0.15) is 5.82 Å². The highest BCUT2D eigenvalue weighted by Crippen LogP contribution is 2.29. The highest BCUT2D eigenvalue weighted by molar-refractivity contribution is 7.71. The Labute approximate surface area is 83.7 Å². The number of nitrogens with zero attached hydrogens (tertiary/aromatic N) is 2. The molecule has 0 aliphatic rings. The number of aromatic amines is 1. The number of rotatable bonds is 1. The number of nitrogens with one attached hydrogen (secondary N) is 1. The predicted molar refractivity (Wildman–Crippen MR) is 38.5 cm³/mol. The molecule has 0 fully saturated rings. The summed E-state index contributed by atoms with van der Waals surface area (Å²) in [6.45, 7) is -1.82. The van der Waals surface area contributed by atoms with Crippen molar-refractivity contribution in [1.29, 1.82) is 0 Å². The van der Waals surface area contributed by atoms with Crippen LogP contribution in [0.5, 0.6) is 0 Å². The lowest BCUT2D eigenvalue weighted by Crippen LogP contribution is -2.23. The van der Waals surface area contributed by atoms with Gasteiger partial charge in [0, 0.05) is 0 Å². The minimum absolute atomic E-state index is 0.144. The molecule has 0 atom stereocenters. The molecular weight excluding hydrogens is 248 g/mol. The average Bonchev–Trinajstić information content (AvgIpc) is 2.28. The Kier molecular flexibility index (Phi) is 2.81. The third kappa shape index (κ3) is 2.94. The molecule has 0 radical (unpaired) electrons. The number of alkyl halides is 6. The van der Waals surface area contributed by atoms with E-state index in [0.29, 0.717) is 0 Å². The number of aromatic nitrogens is 3. The van der Waals surface area contributed by atoms with E-state index in [1.54, 1.807) is 5.10 Å². The van der Waals surface area contributed by atoms with E-state index >= 15 is 0 Å². The second-order valence-electron chi connectivity index (χ2n) is 2.55. The van der Waals surface area contributed by atoms with Crippen molar-refractivity contribution in [2.45, 2.75) is 18.9 Å².